The maximum atomic E-state index is 13.2. The molecule has 0 aliphatic heterocycles. The molecule has 432 valence electrons. The van der Waals surface area contributed by atoms with Gasteiger partial charge in [-0.15, -0.1) is 0 Å². The van der Waals surface area contributed by atoms with E-state index < -0.39 is 36.3 Å². The summed E-state index contributed by atoms with van der Waals surface area (Å²) >= 11 is 0. The van der Waals surface area contributed by atoms with Crippen molar-refractivity contribution in [2.45, 2.75) is 253 Å². The molecule has 0 aromatic heterocycles. The van der Waals surface area contributed by atoms with Crippen LogP contribution in [0.3, 0.4) is 0 Å². The summed E-state index contributed by atoms with van der Waals surface area (Å²) in [4.78, 5) is 67.1. The van der Waals surface area contributed by atoms with Gasteiger partial charge in [0.05, 0.1) is 24.9 Å². The number of carbonyl (C=O) groups excluding carboxylic acids is 5. The van der Waals surface area contributed by atoms with Crippen LogP contribution in [0.2, 0.25) is 0 Å². The minimum absolute atomic E-state index is 0.0240. The predicted molar refractivity (Wildman–Crippen MR) is 298 cm³/mol. The average molecular weight is 1050 g/mol. The first-order valence-electron chi connectivity index (χ1n) is 29.9. The third-order valence-electron chi connectivity index (χ3n) is 13.0. The lowest BCUT2D eigenvalue weighted by molar-refractivity contribution is -0.162. The predicted octanol–water partition coefficient (Wildman–Crippen LogP) is 14.1. The van der Waals surface area contributed by atoms with E-state index >= 15 is 0 Å². The summed E-state index contributed by atoms with van der Waals surface area (Å²) in [6.45, 7) is 19.0. The van der Waals surface area contributed by atoms with Crippen LogP contribution in [-0.4, -0.2) is 113 Å². The molecule has 0 aliphatic carbocycles. The Bertz CT molecular complexity index is 1380. The molecule has 0 aromatic rings. The van der Waals surface area contributed by atoms with Gasteiger partial charge < -0.3 is 43.4 Å². The van der Waals surface area contributed by atoms with Gasteiger partial charge in [0.2, 0.25) is 0 Å². The van der Waals surface area contributed by atoms with Crippen molar-refractivity contribution in [1.82, 2.24) is 10.2 Å². The quantitative estimate of drug-likeness (QED) is 0.0201. The summed E-state index contributed by atoms with van der Waals surface area (Å²) in [5, 5.41) is 2.85. The first-order valence-corrected chi connectivity index (χ1v) is 29.9. The van der Waals surface area contributed by atoms with Crippen molar-refractivity contribution in [2.24, 2.45) is 11.8 Å². The number of hydrogen-bond acceptors (Lipinski definition) is 13. The number of esters is 4. The van der Waals surface area contributed by atoms with Crippen LogP contribution < -0.4 is 5.32 Å². The van der Waals surface area contributed by atoms with E-state index in [-0.39, 0.29) is 56.9 Å². The Morgan fingerprint density at radius 3 is 1.53 bits per heavy atom. The number of nitrogens with one attached hydrogen (secondary N) is 1. The Morgan fingerprint density at radius 2 is 0.973 bits per heavy atom. The zero-order chi connectivity index (χ0) is 54.5. The highest BCUT2D eigenvalue weighted by atomic mass is 16.7. The molecule has 0 spiro atoms. The molecule has 0 aliphatic rings. The zero-order valence-corrected chi connectivity index (χ0v) is 48.2. The molecule has 0 fully saturated rings. The molecule has 3 atom stereocenters. The number of allylic oxidation sites excluding steroid dienone is 4. The smallest absolute Gasteiger partial charge is 0.407 e. The van der Waals surface area contributed by atoms with Crippen LogP contribution >= 0.6 is 0 Å². The molecule has 0 saturated heterocycles. The largest absolute Gasteiger partial charge is 0.465 e. The van der Waals surface area contributed by atoms with Crippen molar-refractivity contribution in [3.63, 3.8) is 0 Å². The lowest BCUT2D eigenvalue weighted by atomic mass is 9.95. The van der Waals surface area contributed by atoms with Crippen LogP contribution in [0, 0.1) is 11.8 Å². The average Bonchev–Trinajstić information content (AvgIpc) is 3.40. The molecular weight excluding hydrogens is 941 g/mol. The van der Waals surface area contributed by atoms with E-state index in [0.29, 0.717) is 52.0 Å². The van der Waals surface area contributed by atoms with Gasteiger partial charge in [-0.2, -0.15) is 0 Å². The van der Waals surface area contributed by atoms with Gasteiger partial charge in [0.1, 0.15) is 25.9 Å². The molecule has 14 heteroatoms. The highest BCUT2D eigenvalue weighted by Crippen LogP contribution is 2.20. The number of carbonyl (C=O) groups is 5. The van der Waals surface area contributed by atoms with Gasteiger partial charge in [-0.1, -0.05) is 143 Å². The second kappa shape index (κ2) is 52.9. The summed E-state index contributed by atoms with van der Waals surface area (Å²) in [6, 6.07) is 0. The lowest BCUT2D eigenvalue weighted by Crippen LogP contribution is -2.36. The minimum atomic E-state index is -0.598. The van der Waals surface area contributed by atoms with Crippen molar-refractivity contribution in [2.75, 3.05) is 65.8 Å². The Kier molecular flexibility index (Phi) is 50.4. The number of unbranched alkanes of at least 4 members (excludes halogenated alkanes) is 14. The Morgan fingerprint density at radius 1 is 0.473 bits per heavy atom. The van der Waals surface area contributed by atoms with E-state index in [1.54, 1.807) is 0 Å². The number of nitrogens with zero attached hydrogens (tertiary/aromatic N) is 1. The van der Waals surface area contributed by atoms with Gasteiger partial charge in [0.25, 0.3) is 0 Å². The lowest BCUT2D eigenvalue weighted by Gasteiger charge is -2.21. The molecule has 14 nitrogen and oxygen atoms in total. The van der Waals surface area contributed by atoms with Crippen LogP contribution in [0.4, 0.5) is 4.79 Å². The Labute approximate surface area is 451 Å². The molecule has 0 bridgehead atoms. The van der Waals surface area contributed by atoms with Gasteiger partial charge in [0, 0.05) is 45.6 Å². The van der Waals surface area contributed by atoms with Gasteiger partial charge in [-0.3, -0.25) is 19.2 Å². The maximum Gasteiger partial charge on any atom is 0.407 e. The van der Waals surface area contributed by atoms with E-state index in [9.17, 15) is 24.0 Å². The first kappa shape index (κ1) is 70.5. The van der Waals surface area contributed by atoms with Crippen LogP contribution in [0.15, 0.2) is 24.3 Å². The molecule has 0 radical (unpaired) electrons. The van der Waals surface area contributed by atoms with Gasteiger partial charge in [-0.25, -0.2) is 4.79 Å². The molecule has 1 N–H and O–H groups in total. The van der Waals surface area contributed by atoms with Crippen LogP contribution in [0.25, 0.3) is 0 Å². The summed E-state index contributed by atoms with van der Waals surface area (Å²) in [6.07, 6.45) is 32.0. The fourth-order valence-corrected chi connectivity index (χ4v) is 8.22. The van der Waals surface area contributed by atoms with E-state index in [1.165, 1.54) is 12.8 Å². The number of amides is 1. The second-order valence-corrected chi connectivity index (χ2v) is 19.8. The van der Waals surface area contributed by atoms with Crippen molar-refractivity contribution >= 4 is 30.0 Å². The van der Waals surface area contributed by atoms with Gasteiger partial charge in [-0.05, 0) is 109 Å². The molecule has 74 heavy (non-hydrogen) atoms. The monoisotopic (exact) mass is 1050 g/mol. The van der Waals surface area contributed by atoms with Crippen LogP contribution in [0.5, 0.6) is 0 Å². The SMILES string of the molecule is CC/C=C\CCCCOC(CCC(=O)OCC(COC(=O)CCCCCCOC(=O)C(CCCC)CCCCCC)COC(=O)CCC(CCCCCC)OC(=O)NCCN(CC)CC)OCCCC/C=C\CC. The maximum absolute atomic E-state index is 13.2. The van der Waals surface area contributed by atoms with Crippen LogP contribution in [0.1, 0.15) is 241 Å². The topological polar surface area (TPSA) is 165 Å². The highest BCUT2D eigenvalue weighted by molar-refractivity contribution is 5.72. The summed E-state index contributed by atoms with van der Waals surface area (Å²) in [5.41, 5.74) is 0. The molecule has 0 saturated carbocycles. The molecule has 0 rings (SSSR count). The summed E-state index contributed by atoms with van der Waals surface area (Å²) in [7, 11) is 0. The van der Waals surface area contributed by atoms with Gasteiger partial charge in [0.15, 0.2) is 6.29 Å². The standard InChI is InChI=1S/C60H110N2O12/c1-8-15-20-24-27-33-46-68-58(69-47-34-28-25-21-16-9-2)43-42-57(65)73-51-52(49-71-55(63)39-32-26-29-35-48-70-59(66)53(36-19-12-5)37-30-22-17-10-3)50-72-56(64)41-40-54(38-31-23-18-11-4)74-60(67)61-44-45-62(13-6)14-7/h15-16,20-21,52-54,58H,8-14,17-19,22-51H2,1-7H3,(H,61,67)/b20-15-,21-16-. The minimum Gasteiger partial charge on any atom is -0.465 e. The number of ether oxygens (including phenoxy) is 7. The van der Waals surface area contributed by atoms with Gasteiger partial charge >= 0.3 is 30.0 Å². The fraction of sp³-hybridized carbons (Fsp3) is 0.850. The second-order valence-electron chi connectivity index (χ2n) is 19.8. The fourth-order valence-electron chi connectivity index (χ4n) is 8.22. The first-order chi connectivity index (χ1) is 36.1. The third kappa shape index (κ3) is 44.8. The third-order valence-corrected chi connectivity index (χ3v) is 13.0. The van der Waals surface area contributed by atoms with E-state index in [0.717, 1.165) is 154 Å². The number of alkyl carbamates (subject to hydrolysis) is 1. The normalized spacial score (nSPS) is 12.9. The molecule has 0 aromatic carbocycles. The van der Waals surface area contributed by atoms with E-state index in [4.69, 9.17) is 33.2 Å². The van der Waals surface area contributed by atoms with E-state index in [2.05, 4.69) is 83.0 Å². The zero-order valence-electron chi connectivity index (χ0n) is 48.2. The van der Waals surface area contributed by atoms with E-state index in [1.807, 2.05) is 0 Å². The van der Waals surface area contributed by atoms with Crippen LogP contribution in [-0.2, 0) is 52.3 Å². The van der Waals surface area contributed by atoms with Crippen molar-refractivity contribution in [3.05, 3.63) is 24.3 Å². The van der Waals surface area contributed by atoms with Crippen molar-refractivity contribution in [3.8, 4) is 0 Å². The van der Waals surface area contributed by atoms with Crippen molar-refractivity contribution < 1.29 is 57.1 Å². The molecule has 0 heterocycles. The van der Waals surface area contributed by atoms with Crippen molar-refractivity contribution in [1.29, 1.82) is 0 Å². The Balaban J connectivity index is 5.49. The summed E-state index contributed by atoms with van der Waals surface area (Å²) < 4.78 is 40.7. The Hall–Kier alpha value is -3.49. The number of rotatable bonds is 53. The molecule has 1 amide bonds. The summed E-state index contributed by atoms with van der Waals surface area (Å²) in [5.74, 6) is -2.03. The number of likely N-dealkylation sites (N-methyl/N-ethyl adjacent to an activating group) is 1. The molecular formula is C60H110N2O12. The molecule has 3 unspecified atom stereocenters. The highest BCUT2D eigenvalue weighted by Gasteiger charge is 2.22. The number of hydrogen-bond donors (Lipinski definition) is 1.